The van der Waals surface area contributed by atoms with Crippen LogP contribution in [0.2, 0.25) is 20.1 Å². The second kappa shape index (κ2) is 12.4. The minimum atomic E-state index is -0.736. The van der Waals surface area contributed by atoms with Gasteiger partial charge in [-0.3, -0.25) is 9.59 Å². The molecular formula is C22H24Cl4N2O3. The highest BCUT2D eigenvalue weighted by Gasteiger charge is 2.27. The fraction of sp³-hybridized carbons (Fsp3) is 0.364. The maximum atomic E-state index is 13.0. The monoisotopic (exact) mass is 504 g/mol. The third-order valence-corrected chi connectivity index (χ3v) is 5.72. The first-order valence-corrected chi connectivity index (χ1v) is 11.3. The number of nitrogens with one attached hydrogen (secondary N) is 1. The summed E-state index contributed by atoms with van der Waals surface area (Å²) in [4.78, 5) is 27.1. The molecule has 2 aromatic carbocycles. The number of ether oxygens (including phenoxy) is 1. The van der Waals surface area contributed by atoms with Gasteiger partial charge in [0, 0.05) is 28.2 Å². The lowest BCUT2D eigenvalue weighted by atomic mass is 10.1. The third-order valence-electron chi connectivity index (χ3n) is 4.60. The van der Waals surface area contributed by atoms with E-state index in [9.17, 15) is 9.59 Å². The van der Waals surface area contributed by atoms with E-state index in [1.807, 2.05) is 6.92 Å². The number of rotatable bonds is 10. The van der Waals surface area contributed by atoms with Crippen molar-refractivity contribution in [1.82, 2.24) is 10.2 Å². The van der Waals surface area contributed by atoms with E-state index in [1.165, 1.54) is 11.0 Å². The molecular weight excluding hydrogens is 482 g/mol. The van der Waals surface area contributed by atoms with Crippen LogP contribution in [-0.4, -0.2) is 35.9 Å². The summed E-state index contributed by atoms with van der Waals surface area (Å²) in [7, 11) is 0. The highest BCUT2D eigenvalue weighted by molar-refractivity contribution is 6.35. The number of carbonyl (C=O) groups is 2. The van der Waals surface area contributed by atoms with Crippen molar-refractivity contribution in [3.05, 3.63) is 62.1 Å². The number of unbranched alkanes of at least 4 members (excludes halogenated alkanes) is 1. The fourth-order valence-electron chi connectivity index (χ4n) is 2.77. The van der Waals surface area contributed by atoms with Crippen molar-refractivity contribution in [3.63, 3.8) is 0 Å². The predicted octanol–water partition coefficient (Wildman–Crippen LogP) is 6.01. The van der Waals surface area contributed by atoms with Crippen LogP contribution in [0.4, 0.5) is 0 Å². The van der Waals surface area contributed by atoms with Crippen LogP contribution in [0, 0.1) is 0 Å². The number of hydrogen-bond acceptors (Lipinski definition) is 3. The molecule has 0 aliphatic heterocycles. The molecule has 0 saturated carbocycles. The SMILES string of the molecule is CCCCNC(=O)[C@@H](C)N(Cc1ccc(Cl)cc1Cl)C(=O)COc1ccc(Cl)cc1Cl. The molecule has 0 radical (unpaired) electrons. The van der Waals surface area contributed by atoms with E-state index >= 15 is 0 Å². The van der Waals surface area contributed by atoms with Crippen molar-refractivity contribution in [2.24, 2.45) is 0 Å². The zero-order chi connectivity index (χ0) is 23.0. The summed E-state index contributed by atoms with van der Waals surface area (Å²) in [6.45, 7) is 4.06. The molecule has 1 N–H and O–H groups in total. The largest absolute Gasteiger partial charge is 0.482 e. The lowest BCUT2D eigenvalue weighted by Crippen LogP contribution is -2.49. The van der Waals surface area contributed by atoms with Gasteiger partial charge in [-0.05, 0) is 49.2 Å². The van der Waals surface area contributed by atoms with Crippen LogP contribution in [0.25, 0.3) is 0 Å². The van der Waals surface area contributed by atoms with E-state index in [1.54, 1.807) is 37.3 Å². The number of benzene rings is 2. The quantitative estimate of drug-likeness (QED) is 0.402. The molecule has 0 aromatic heterocycles. The van der Waals surface area contributed by atoms with E-state index in [2.05, 4.69) is 5.32 Å². The van der Waals surface area contributed by atoms with E-state index in [0.29, 0.717) is 32.9 Å². The number of amides is 2. The molecule has 0 aliphatic carbocycles. The summed E-state index contributed by atoms with van der Waals surface area (Å²) in [5, 5.41) is 4.49. The standard InChI is InChI=1S/C22H24Cl4N2O3/c1-3-4-9-27-22(30)14(2)28(12-15-5-6-16(23)10-18(15)25)21(29)13-31-20-8-7-17(24)11-19(20)26/h5-8,10-11,14H,3-4,9,12-13H2,1-2H3,(H,27,30)/t14-/m1/s1. The van der Waals surface area contributed by atoms with E-state index in [0.717, 1.165) is 12.8 Å². The van der Waals surface area contributed by atoms with Gasteiger partial charge >= 0.3 is 0 Å². The molecule has 0 aliphatic rings. The topological polar surface area (TPSA) is 58.6 Å². The third kappa shape index (κ3) is 7.76. The lowest BCUT2D eigenvalue weighted by Gasteiger charge is -2.29. The van der Waals surface area contributed by atoms with Crippen LogP contribution >= 0.6 is 46.4 Å². The van der Waals surface area contributed by atoms with E-state index in [4.69, 9.17) is 51.1 Å². The van der Waals surface area contributed by atoms with Crippen molar-refractivity contribution in [2.45, 2.75) is 39.3 Å². The molecule has 5 nitrogen and oxygen atoms in total. The van der Waals surface area contributed by atoms with Crippen molar-refractivity contribution < 1.29 is 14.3 Å². The summed E-state index contributed by atoms with van der Waals surface area (Å²) in [5.74, 6) is -0.324. The van der Waals surface area contributed by atoms with Crippen LogP contribution in [0.3, 0.4) is 0 Å². The molecule has 2 aromatic rings. The summed E-state index contributed by atoms with van der Waals surface area (Å²) >= 11 is 24.3. The number of hydrogen-bond donors (Lipinski definition) is 1. The molecule has 0 fully saturated rings. The van der Waals surface area contributed by atoms with Crippen molar-refractivity contribution >= 4 is 58.2 Å². The van der Waals surface area contributed by atoms with Gasteiger partial charge in [0.25, 0.3) is 5.91 Å². The van der Waals surface area contributed by atoms with Gasteiger partial charge in [-0.1, -0.05) is 65.8 Å². The second-order valence-electron chi connectivity index (χ2n) is 6.94. The van der Waals surface area contributed by atoms with Gasteiger partial charge in [-0.25, -0.2) is 0 Å². The van der Waals surface area contributed by atoms with Crippen LogP contribution in [0.1, 0.15) is 32.3 Å². The second-order valence-corrected chi connectivity index (χ2v) is 8.63. The summed E-state index contributed by atoms with van der Waals surface area (Å²) < 4.78 is 5.58. The molecule has 0 spiro atoms. The Morgan fingerprint density at radius 2 is 1.68 bits per heavy atom. The maximum absolute atomic E-state index is 13.0. The number of carbonyl (C=O) groups excluding carboxylic acids is 2. The van der Waals surface area contributed by atoms with Crippen molar-refractivity contribution in [3.8, 4) is 5.75 Å². The zero-order valence-corrected chi connectivity index (χ0v) is 20.3. The van der Waals surface area contributed by atoms with Gasteiger partial charge in [0.1, 0.15) is 11.8 Å². The smallest absolute Gasteiger partial charge is 0.261 e. The van der Waals surface area contributed by atoms with E-state index in [-0.39, 0.29) is 24.1 Å². The summed E-state index contributed by atoms with van der Waals surface area (Å²) in [5.41, 5.74) is 0.664. The predicted molar refractivity (Wildman–Crippen MR) is 126 cm³/mol. The van der Waals surface area contributed by atoms with Crippen LogP contribution < -0.4 is 10.1 Å². The van der Waals surface area contributed by atoms with Crippen LogP contribution in [0.15, 0.2) is 36.4 Å². The fourth-order valence-corrected chi connectivity index (χ4v) is 3.70. The normalized spacial score (nSPS) is 11.7. The maximum Gasteiger partial charge on any atom is 0.261 e. The Morgan fingerprint density at radius 1 is 1.03 bits per heavy atom. The Labute approximate surface area is 202 Å². The van der Waals surface area contributed by atoms with Gasteiger partial charge in [0.2, 0.25) is 5.91 Å². The Bertz CT molecular complexity index is 924. The molecule has 9 heteroatoms. The van der Waals surface area contributed by atoms with Crippen LogP contribution in [0.5, 0.6) is 5.75 Å². The summed E-state index contributed by atoms with van der Waals surface area (Å²) in [6, 6.07) is 8.99. The molecule has 0 heterocycles. The average Bonchev–Trinajstić information content (AvgIpc) is 2.72. The summed E-state index contributed by atoms with van der Waals surface area (Å²) in [6.07, 6.45) is 1.81. The van der Waals surface area contributed by atoms with Crippen molar-refractivity contribution in [1.29, 1.82) is 0 Å². The Balaban J connectivity index is 2.18. The van der Waals surface area contributed by atoms with Gasteiger partial charge in [-0.2, -0.15) is 0 Å². The Hall–Kier alpha value is -1.66. The first-order chi connectivity index (χ1) is 14.7. The average molecular weight is 506 g/mol. The van der Waals surface area contributed by atoms with Gasteiger partial charge in [0.05, 0.1) is 5.02 Å². The van der Waals surface area contributed by atoms with E-state index < -0.39 is 11.9 Å². The molecule has 31 heavy (non-hydrogen) atoms. The first kappa shape index (κ1) is 25.6. The van der Waals surface area contributed by atoms with Gasteiger partial charge in [-0.15, -0.1) is 0 Å². The van der Waals surface area contributed by atoms with Crippen molar-refractivity contribution in [2.75, 3.05) is 13.2 Å². The number of nitrogens with zero attached hydrogens (tertiary/aromatic N) is 1. The lowest BCUT2D eigenvalue weighted by molar-refractivity contribution is -0.142. The molecule has 2 amide bonds. The number of halogens is 4. The molecule has 2 rings (SSSR count). The van der Waals surface area contributed by atoms with Crippen LogP contribution in [-0.2, 0) is 16.1 Å². The molecule has 1 atom stereocenters. The Kier molecular flexibility index (Phi) is 10.2. The van der Waals surface area contributed by atoms with Gasteiger partial charge < -0.3 is 15.0 Å². The Morgan fingerprint density at radius 3 is 2.29 bits per heavy atom. The molecule has 0 bridgehead atoms. The minimum Gasteiger partial charge on any atom is -0.482 e. The highest BCUT2D eigenvalue weighted by atomic mass is 35.5. The van der Waals surface area contributed by atoms with Gasteiger partial charge in [0.15, 0.2) is 6.61 Å². The molecule has 0 saturated heterocycles. The molecule has 168 valence electrons. The minimum absolute atomic E-state index is 0.120. The molecule has 0 unspecified atom stereocenters. The zero-order valence-electron chi connectivity index (χ0n) is 17.3. The highest BCUT2D eigenvalue weighted by Crippen LogP contribution is 2.28. The first-order valence-electron chi connectivity index (χ1n) is 9.81.